The van der Waals surface area contributed by atoms with Crippen molar-refractivity contribution in [2.45, 2.75) is 38.2 Å². The van der Waals surface area contributed by atoms with E-state index in [-0.39, 0.29) is 31.2 Å². The second-order valence-electron chi connectivity index (χ2n) is 6.37. The molecule has 27 heavy (non-hydrogen) atoms. The molecule has 0 aromatic heterocycles. The van der Waals surface area contributed by atoms with Crippen LogP contribution < -0.4 is 0 Å². The van der Waals surface area contributed by atoms with Gasteiger partial charge in [-0.15, -0.1) is 0 Å². The van der Waals surface area contributed by atoms with Crippen LogP contribution in [0.3, 0.4) is 0 Å². The summed E-state index contributed by atoms with van der Waals surface area (Å²) in [6.07, 6.45) is 2.63. The molecule has 1 rings (SSSR count). The maximum Gasteiger partial charge on any atom is 0.264 e. The SMILES string of the molecule is CS(=O)(=O)OCC[C@@H](Cc1ccc(F)cc1)C[C@H](CCC#N)OS(C)(=O)=O. The molecule has 0 saturated heterocycles. The van der Waals surface area contributed by atoms with Crippen LogP contribution in [0.4, 0.5) is 4.39 Å². The Bertz CT molecular complexity index is 831. The number of benzene rings is 1. The summed E-state index contributed by atoms with van der Waals surface area (Å²) in [4.78, 5) is 0. The number of nitrogens with zero attached hydrogens (tertiary/aromatic N) is 1. The van der Waals surface area contributed by atoms with E-state index in [4.69, 9.17) is 13.6 Å². The van der Waals surface area contributed by atoms with E-state index in [1.165, 1.54) is 12.1 Å². The number of hydrogen-bond donors (Lipinski definition) is 0. The number of nitriles is 1. The molecule has 1 aromatic carbocycles. The van der Waals surface area contributed by atoms with Gasteiger partial charge in [0, 0.05) is 6.42 Å². The molecule has 0 radical (unpaired) electrons. The van der Waals surface area contributed by atoms with Crippen LogP contribution in [-0.4, -0.2) is 42.1 Å². The van der Waals surface area contributed by atoms with Crippen LogP contribution in [0.15, 0.2) is 24.3 Å². The summed E-state index contributed by atoms with van der Waals surface area (Å²) in [6.45, 7) is -0.0610. The zero-order valence-electron chi connectivity index (χ0n) is 15.3. The lowest BCUT2D eigenvalue weighted by molar-refractivity contribution is 0.157. The molecule has 0 saturated carbocycles. The van der Waals surface area contributed by atoms with Crippen LogP contribution in [0, 0.1) is 23.1 Å². The van der Waals surface area contributed by atoms with Gasteiger partial charge in [-0.1, -0.05) is 12.1 Å². The maximum atomic E-state index is 13.1. The van der Waals surface area contributed by atoms with E-state index in [9.17, 15) is 21.2 Å². The zero-order chi connectivity index (χ0) is 20.5. The van der Waals surface area contributed by atoms with Gasteiger partial charge in [0.1, 0.15) is 5.82 Å². The summed E-state index contributed by atoms with van der Waals surface area (Å²) >= 11 is 0. The van der Waals surface area contributed by atoms with E-state index in [2.05, 4.69) is 0 Å². The van der Waals surface area contributed by atoms with Gasteiger partial charge in [-0.2, -0.15) is 22.1 Å². The highest BCUT2D eigenvalue weighted by molar-refractivity contribution is 7.86. The molecule has 152 valence electrons. The van der Waals surface area contributed by atoms with Gasteiger partial charge in [0.25, 0.3) is 20.2 Å². The fourth-order valence-electron chi connectivity index (χ4n) is 2.67. The van der Waals surface area contributed by atoms with Crippen molar-refractivity contribution < 1.29 is 29.6 Å². The predicted molar refractivity (Wildman–Crippen MR) is 98.2 cm³/mol. The molecule has 10 heteroatoms. The monoisotopic (exact) mass is 421 g/mol. The minimum absolute atomic E-state index is 0.0610. The molecule has 0 aliphatic carbocycles. The van der Waals surface area contributed by atoms with Crippen LogP contribution in [0.25, 0.3) is 0 Å². The summed E-state index contributed by atoms with van der Waals surface area (Å²) in [5.41, 5.74) is 0.819. The summed E-state index contributed by atoms with van der Waals surface area (Å²) in [5, 5.41) is 8.76. The smallest absolute Gasteiger partial charge is 0.264 e. The molecule has 0 unspecified atom stereocenters. The lowest BCUT2D eigenvalue weighted by Crippen LogP contribution is -2.23. The molecule has 7 nitrogen and oxygen atoms in total. The molecular weight excluding hydrogens is 397 g/mol. The van der Waals surface area contributed by atoms with Crippen molar-refractivity contribution in [2.75, 3.05) is 19.1 Å². The molecule has 0 bridgehead atoms. The van der Waals surface area contributed by atoms with Gasteiger partial charge in [0.2, 0.25) is 0 Å². The first-order valence-corrected chi connectivity index (χ1v) is 12.0. The molecule has 0 amide bonds. The van der Waals surface area contributed by atoms with Gasteiger partial charge in [-0.25, -0.2) is 4.39 Å². The lowest BCUT2D eigenvalue weighted by Gasteiger charge is -2.22. The van der Waals surface area contributed by atoms with Crippen molar-refractivity contribution in [1.82, 2.24) is 0 Å². The Kier molecular flexibility index (Phi) is 9.32. The van der Waals surface area contributed by atoms with E-state index in [1.54, 1.807) is 12.1 Å². The van der Waals surface area contributed by atoms with Crippen LogP contribution in [0.2, 0.25) is 0 Å². The highest BCUT2D eigenvalue weighted by atomic mass is 32.2. The Labute approximate surface area is 160 Å². The predicted octanol–water partition coefficient (Wildman–Crippen LogP) is 2.39. The first kappa shape index (κ1) is 23.5. The summed E-state index contributed by atoms with van der Waals surface area (Å²) in [5.74, 6) is -0.550. The highest BCUT2D eigenvalue weighted by Gasteiger charge is 2.22. The van der Waals surface area contributed by atoms with E-state index < -0.39 is 26.3 Å². The molecule has 2 atom stereocenters. The standard InChI is InChI=1S/C17H24FNO6S2/c1-26(20,21)24-11-9-15(12-14-5-7-16(18)8-6-14)13-17(4-3-10-19)25-27(2,22)23/h5-8,15,17H,3-4,9,11-13H2,1-2H3/t15-,17-/m0/s1. The summed E-state index contributed by atoms with van der Waals surface area (Å²) in [6, 6.07) is 7.82. The van der Waals surface area contributed by atoms with Crippen LogP contribution >= 0.6 is 0 Å². The van der Waals surface area contributed by atoms with Gasteiger partial charge >= 0.3 is 0 Å². The fraction of sp³-hybridized carbons (Fsp3) is 0.588. The third kappa shape index (κ3) is 11.7. The fourth-order valence-corrected chi connectivity index (χ4v) is 3.74. The van der Waals surface area contributed by atoms with Gasteiger partial charge in [0.15, 0.2) is 0 Å². The first-order chi connectivity index (χ1) is 12.5. The van der Waals surface area contributed by atoms with E-state index in [0.717, 1.165) is 18.1 Å². The highest BCUT2D eigenvalue weighted by Crippen LogP contribution is 2.23. The summed E-state index contributed by atoms with van der Waals surface area (Å²) in [7, 11) is -7.30. The topological polar surface area (TPSA) is 111 Å². The summed E-state index contributed by atoms with van der Waals surface area (Å²) < 4.78 is 68.2. The second kappa shape index (κ2) is 10.7. The lowest BCUT2D eigenvalue weighted by atomic mass is 9.90. The van der Waals surface area contributed by atoms with Gasteiger partial charge in [0.05, 0.1) is 31.3 Å². The largest absolute Gasteiger partial charge is 0.270 e. The van der Waals surface area contributed by atoms with Crippen molar-refractivity contribution in [3.8, 4) is 6.07 Å². The number of rotatable bonds is 12. The molecule has 0 spiro atoms. The van der Waals surface area contributed by atoms with Crippen LogP contribution in [-0.2, 0) is 35.0 Å². The van der Waals surface area contributed by atoms with Crippen molar-refractivity contribution >= 4 is 20.2 Å². The molecule has 0 fully saturated rings. The first-order valence-electron chi connectivity index (χ1n) is 8.32. The van der Waals surface area contributed by atoms with Gasteiger partial charge < -0.3 is 0 Å². The number of hydrogen-bond acceptors (Lipinski definition) is 7. The Morgan fingerprint density at radius 2 is 1.70 bits per heavy atom. The van der Waals surface area contributed by atoms with E-state index in [0.29, 0.717) is 19.3 Å². The molecule has 0 aliphatic rings. The van der Waals surface area contributed by atoms with Crippen LogP contribution in [0.5, 0.6) is 0 Å². The van der Waals surface area contributed by atoms with Gasteiger partial charge in [-0.05, 0) is 49.3 Å². The van der Waals surface area contributed by atoms with Crippen molar-refractivity contribution in [3.05, 3.63) is 35.6 Å². The second-order valence-corrected chi connectivity index (χ2v) is 9.61. The van der Waals surface area contributed by atoms with Crippen molar-refractivity contribution in [3.63, 3.8) is 0 Å². The van der Waals surface area contributed by atoms with E-state index in [1.807, 2.05) is 6.07 Å². The normalized spacial score (nSPS) is 14.4. The van der Waals surface area contributed by atoms with Crippen molar-refractivity contribution in [2.24, 2.45) is 5.92 Å². The number of halogens is 1. The Morgan fingerprint density at radius 1 is 1.07 bits per heavy atom. The molecule has 0 heterocycles. The van der Waals surface area contributed by atoms with Crippen molar-refractivity contribution in [1.29, 1.82) is 5.26 Å². The third-order valence-corrected chi connectivity index (χ3v) is 4.96. The Morgan fingerprint density at radius 3 is 2.22 bits per heavy atom. The average Bonchev–Trinajstić information content (AvgIpc) is 2.52. The molecule has 0 N–H and O–H groups in total. The van der Waals surface area contributed by atoms with Crippen LogP contribution in [0.1, 0.15) is 31.2 Å². The quantitative estimate of drug-likeness (QED) is 0.477. The minimum atomic E-state index is -3.71. The average molecular weight is 422 g/mol. The maximum absolute atomic E-state index is 13.1. The molecule has 1 aromatic rings. The zero-order valence-corrected chi connectivity index (χ0v) is 16.9. The Hall–Kier alpha value is -1.54. The molecular formula is C17H24FNO6S2. The Balaban J connectivity index is 2.87. The third-order valence-electron chi connectivity index (χ3n) is 3.75. The molecule has 0 aliphatic heterocycles. The van der Waals surface area contributed by atoms with E-state index >= 15 is 0 Å². The van der Waals surface area contributed by atoms with Gasteiger partial charge in [-0.3, -0.25) is 8.37 Å². The minimum Gasteiger partial charge on any atom is -0.270 e.